The van der Waals surface area contributed by atoms with E-state index in [-0.39, 0.29) is 22.7 Å². The van der Waals surface area contributed by atoms with Crippen LogP contribution in [0.25, 0.3) is 11.4 Å². The summed E-state index contributed by atoms with van der Waals surface area (Å²) in [5, 5.41) is -0.0768. The van der Waals surface area contributed by atoms with Crippen LogP contribution in [0.15, 0.2) is 23.1 Å². The first kappa shape index (κ1) is 14.6. The average Bonchev–Trinajstić information content (AvgIpc) is 2.98. The Bertz CT molecular complexity index is 780. The molecule has 2 aromatic rings. The minimum Gasteiger partial charge on any atom is -0.345 e. The van der Waals surface area contributed by atoms with Crippen LogP contribution in [-0.2, 0) is 4.79 Å². The summed E-state index contributed by atoms with van der Waals surface area (Å²) in [6, 6.07) is 2.34. The molecule has 114 valence electrons. The Morgan fingerprint density at radius 3 is 3.05 bits per heavy atom. The minimum atomic E-state index is -0.677. The Labute approximate surface area is 130 Å². The van der Waals surface area contributed by atoms with Crippen LogP contribution in [-0.4, -0.2) is 33.8 Å². The van der Waals surface area contributed by atoms with E-state index in [4.69, 9.17) is 11.6 Å². The number of nitrogens with zero attached hydrogens (tertiary/aromatic N) is 3. The average molecular weight is 323 g/mol. The van der Waals surface area contributed by atoms with Crippen LogP contribution in [0.4, 0.5) is 10.2 Å². The molecule has 0 amide bonds. The van der Waals surface area contributed by atoms with Gasteiger partial charge in [0.05, 0.1) is 6.04 Å². The SMILES string of the molecule is O=CC1CCCN1c1nc(-c2ccnc(F)c2)[nH]c(=O)c1Cl. The molecule has 1 N–H and O–H groups in total. The van der Waals surface area contributed by atoms with E-state index in [1.54, 1.807) is 4.90 Å². The molecule has 1 fully saturated rings. The summed E-state index contributed by atoms with van der Waals surface area (Å²) in [5.41, 5.74) is -0.153. The molecule has 1 unspecified atom stereocenters. The molecular formula is C14H12ClFN4O2. The molecule has 1 saturated heterocycles. The molecule has 0 radical (unpaired) electrons. The van der Waals surface area contributed by atoms with Crippen molar-refractivity contribution in [3.05, 3.63) is 39.7 Å². The molecule has 0 aliphatic carbocycles. The van der Waals surface area contributed by atoms with E-state index in [0.29, 0.717) is 18.5 Å². The molecule has 0 bridgehead atoms. The number of carbonyl (C=O) groups excluding carboxylic acids is 1. The third-order valence-electron chi connectivity index (χ3n) is 3.57. The Hall–Kier alpha value is -2.28. The van der Waals surface area contributed by atoms with Gasteiger partial charge in [0.2, 0.25) is 5.95 Å². The van der Waals surface area contributed by atoms with Gasteiger partial charge in [-0.2, -0.15) is 4.39 Å². The van der Waals surface area contributed by atoms with Gasteiger partial charge in [-0.25, -0.2) is 9.97 Å². The fraction of sp³-hybridized carbons (Fsp3) is 0.286. The van der Waals surface area contributed by atoms with E-state index >= 15 is 0 Å². The topological polar surface area (TPSA) is 79.0 Å². The van der Waals surface area contributed by atoms with Gasteiger partial charge < -0.3 is 14.7 Å². The molecule has 3 rings (SSSR count). The zero-order valence-electron chi connectivity index (χ0n) is 11.4. The number of halogens is 2. The number of hydrogen-bond donors (Lipinski definition) is 1. The number of nitrogens with one attached hydrogen (secondary N) is 1. The second kappa shape index (κ2) is 5.84. The van der Waals surface area contributed by atoms with Crippen molar-refractivity contribution in [1.82, 2.24) is 15.0 Å². The fourth-order valence-corrected chi connectivity index (χ4v) is 2.72. The van der Waals surface area contributed by atoms with Crippen LogP contribution in [0.3, 0.4) is 0 Å². The second-order valence-corrected chi connectivity index (χ2v) is 5.34. The summed E-state index contributed by atoms with van der Waals surface area (Å²) in [7, 11) is 0. The zero-order chi connectivity index (χ0) is 15.7. The highest BCUT2D eigenvalue weighted by Gasteiger charge is 2.28. The number of aldehydes is 1. The van der Waals surface area contributed by atoms with Crippen molar-refractivity contribution in [3.8, 4) is 11.4 Å². The molecular weight excluding hydrogens is 311 g/mol. The normalized spacial score (nSPS) is 17.7. The van der Waals surface area contributed by atoms with E-state index < -0.39 is 11.5 Å². The van der Waals surface area contributed by atoms with Gasteiger partial charge in [0.25, 0.3) is 5.56 Å². The smallest absolute Gasteiger partial charge is 0.272 e. The van der Waals surface area contributed by atoms with Gasteiger partial charge in [-0.05, 0) is 18.9 Å². The van der Waals surface area contributed by atoms with Crippen LogP contribution in [0.5, 0.6) is 0 Å². The first-order valence-corrected chi connectivity index (χ1v) is 7.11. The van der Waals surface area contributed by atoms with Gasteiger partial charge in [0.15, 0.2) is 5.82 Å². The number of hydrogen-bond acceptors (Lipinski definition) is 5. The van der Waals surface area contributed by atoms with Crippen molar-refractivity contribution in [3.63, 3.8) is 0 Å². The molecule has 0 spiro atoms. The molecule has 1 aliphatic rings. The lowest BCUT2D eigenvalue weighted by Crippen LogP contribution is -2.33. The van der Waals surface area contributed by atoms with E-state index in [2.05, 4.69) is 15.0 Å². The molecule has 0 saturated carbocycles. The predicted molar refractivity (Wildman–Crippen MR) is 79.5 cm³/mol. The fourth-order valence-electron chi connectivity index (χ4n) is 2.52. The maximum atomic E-state index is 13.2. The standard InChI is InChI=1S/C14H12ClFN4O2/c15-11-13(20-5-1-2-9(20)7-21)18-12(19-14(11)22)8-3-4-17-10(16)6-8/h3-4,6-7,9H,1-2,5H2,(H,18,19,22). The van der Waals surface area contributed by atoms with Crippen molar-refractivity contribution in [2.75, 3.05) is 11.4 Å². The van der Waals surface area contributed by atoms with Gasteiger partial charge >= 0.3 is 0 Å². The lowest BCUT2D eigenvalue weighted by molar-refractivity contribution is -0.108. The van der Waals surface area contributed by atoms with E-state index in [0.717, 1.165) is 18.8 Å². The lowest BCUT2D eigenvalue weighted by atomic mass is 10.2. The van der Waals surface area contributed by atoms with Crippen molar-refractivity contribution in [1.29, 1.82) is 0 Å². The van der Waals surface area contributed by atoms with Crippen molar-refractivity contribution < 1.29 is 9.18 Å². The summed E-state index contributed by atoms with van der Waals surface area (Å²) in [4.78, 5) is 35.1. The number of H-pyrrole nitrogens is 1. The van der Waals surface area contributed by atoms with Gasteiger partial charge in [-0.3, -0.25) is 4.79 Å². The molecule has 0 aromatic carbocycles. The Morgan fingerprint density at radius 2 is 2.32 bits per heavy atom. The molecule has 2 aromatic heterocycles. The summed E-state index contributed by atoms with van der Waals surface area (Å²) >= 11 is 6.04. The largest absolute Gasteiger partial charge is 0.345 e. The van der Waals surface area contributed by atoms with E-state index in [1.165, 1.54) is 12.3 Å². The quantitative estimate of drug-likeness (QED) is 0.688. The Balaban J connectivity index is 2.11. The lowest BCUT2D eigenvalue weighted by Gasteiger charge is -2.22. The van der Waals surface area contributed by atoms with Gasteiger partial charge in [0, 0.05) is 24.4 Å². The van der Waals surface area contributed by atoms with E-state index in [9.17, 15) is 14.0 Å². The van der Waals surface area contributed by atoms with Crippen LogP contribution >= 0.6 is 11.6 Å². The van der Waals surface area contributed by atoms with Crippen LogP contribution in [0, 0.1) is 5.95 Å². The summed E-state index contributed by atoms with van der Waals surface area (Å²) in [6.07, 6.45) is 3.60. The molecule has 6 nitrogen and oxygen atoms in total. The number of anilines is 1. The third-order valence-corrected chi connectivity index (χ3v) is 3.91. The number of carbonyl (C=O) groups is 1. The number of pyridine rings is 1. The van der Waals surface area contributed by atoms with Gasteiger partial charge in [-0.1, -0.05) is 11.6 Å². The van der Waals surface area contributed by atoms with Crippen LogP contribution in [0.1, 0.15) is 12.8 Å². The first-order chi connectivity index (χ1) is 10.6. The van der Waals surface area contributed by atoms with Gasteiger partial charge in [0.1, 0.15) is 17.1 Å². The maximum Gasteiger partial charge on any atom is 0.272 e. The van der Waals surface area contributed by atoms with Crippen LogP contribution < -0.4 is 10.5 Å². The monoisotopic (exact) mass is 322 g/mol. The highest BCUT2D eigenvalue weighted by atomic mass is 35.5. The minimum absolute atomic E-state index is 0.0768. The summed E-state index contributed by atoms with van der Waals surface area (Å²) in [5.74, 6) is -0.252. The highest BCUT2D eigenvalue weighted by molar-refractivity contribution is 6.32. The van der Waals surface area contributed by atoms with E-state index in [1.807, 2.05) is 0 Å². The third kappa shape index (κ3) is 2.59. The van der Waals surface area contributed by atoms with Crippen molar-refractivity contribution in [2.24, 2.45) is 0 Å². The summed E-state index contributed by atoms with van der Waals surface area (Å²) < 4.78 is 13.2. The van der Waals surface area contributed by atoms with Crippen LogP contribution in [0.2, 0.25) is 5.02 Å². The maximum absolute atomic E-state index is 13.2. The van der Waals surface area contributed by atoms with Gasteiger partial charge in [-0.15, -0.1) is 0 Å². The van der Waals surface area contributed by atoms with Crippen molar-refractivity contribution in [2.45, 2.75) is 18.9 Å². The Morgan fingerprint density at radius 1 is 1.50 bits per heavy atom. The molecule has 1 atom stereocenters. The first-order valence-electron chi connectivity index (χ1n) is 6.74. The molecule has 1 aliphatic heterocycles. The highest BCUT2D eigenvalue weighted by Crippen LogP contribution is 2.28. The number of rotatable bonds is 3. The van der Waals surface area contributed by atoms with Crippen molar-refractivity contribution >= 4 is 23.7 Å². The molecule has 8 heteroatoms. The molecule has 3 heterocycles. The predicted octanol–water partition coefficient (Wildman–Crippen LogP) is 1.79. The zero-order valence-corrected chi connectivity index (χ0v) is 12.2. The molecule has 22 heavy (non-hydrogen) atoms. The summed E-state index contributed by atoms with van der Waals surface area (Å²) in [6.45, 7) is 0.587. The number of aromatic nitrogens is 3. The Kier molecular flexibility index (Phi) is 3.89. The number of aromatic amines is 1. The second-order valence-electron chi connectivity index (χ2n) is 4.96.